The van der Waals surface area contributed by atoms with Crippen LogP contribution in [0.4, 0.5) is 0 Å². The van der Waals surface area contributed by atoms with Crippen molar-refractivity contribution >= 4 is 5.97 Å². The van der Waals surface area contributed by atoms with Gasteiger partial charge in [-0.25, -0.2) is 0 Å². The predicted molar refractivity (Wildman–Crippen MR) is 97.7 cm³/mol. The van der Waals surface area contributed by atoms with Crippen LogP contribution in [0.3, 0.4) is 0 Å². The molecule has 0 saturated carbocycles. The molecule has 0 amide bonds. The van der Waals surface area contributed by atoms with Crippen molar-refractivity contribution < 1.29 is 9.53 Å². The van der Waals surface area contributed by atoms with Crippen LogP contribution in [0.15, 0.2) is 23.3 Å². The van der Waals surface area contributed by atoms with Crippen LogP contribution < -0.4 is 0 Å². The van der Waals surface area contributed by atoms with E-state index >= 15 is 0 Å². The van der Waals surface area contributed by atoms with Gasteiger partial charge in [-0.15, -0.1) is 0 Å². The first kappa shape index (κ1) is 17.7. The number of carbonyl (C=O) groups is 1. The van der Waals surface area contributed by atoms with Crippen LogP contribution in [-0.2, 0) is 9.53 Å². The summed E-state index contributed by atoms with van der Waals surface area (Å²) < 4.78 is 5.82. The Morgan fingerprint density at radius 2 is 2.04 bits per heavy atom. The van der Waals surface area contributed by atoms with Crippen molar-refractivity contribution in [3.05, 3.63) is 23.3 Å². The number of carbonyl (C=O) groups excluding carboxylic acids is 1. The Hall–Kier alpha value is -1.09. The Labute approximate surface area is 147 Å². The molecule has 1 unspecified atom stereocenters. The number of fused-ring (bicyclic) bond motifs is 1. The number of hydrogen-bond acceptors (Lipinski definition) is 3. The summed E-state index contributed by atoms with van der Waals surface area (Å²) in [7, 11) is 0. The van der Waals surface area contributed by atoms with Crippen LogP contribution in [0.25, 0.3) is 0 Å². The zero-order chi connectivity index (χ0) is 17.1. The van der Waals surface area contributed by atoms with Crippen molar-refractivity contribution in [2.24, 2.45) is 17.8 Å². The highest BCUT2D eigenvalue weighted by molar-refractivity contribution is 5.76. The van der Waals surface area contributed by atoms with E-state index in [2.05, 4.69) is 37.8 Å². The van der Waals surface area contributed by atoms with E-state index in [0.29, 0.717) is 5.92 Å². The second-order valence-electron chi connectivity index (χ2n) is 8.32. The minimum Gasteiger partial charge on any atom is -0.458 e. The number of ether oxygens (including phenoxy) is 1. The first-order valence-corrected chi connectivity index (χ1v) is 9.78. The first-order chi connectivity index (χ1) is 11.5. The molecule has 0 aromatic heterocycles. The van der Waals surface area contributed by atoms with Gasteiger partial charge in [0.2, 0.25) is 0 Å². The van der Waals surface area contributed by atoms with Gasteiger partial charge in [-0.05, 0) is 70.9 Å². The van der Waals surface area contributed by atoms with Gasteiger partial charge in [-0.3, -0.25) is 4.79 Å². The minimum absolute atomic E-state index is 0.00406. The molecule has 3 nitrogen and oxygen atoms in total. The molecule has 0 aromatic rings. The van der Waals surface area contributed by atoms with Crippen molar-refractivity contribution in [1.29, 1.82) is 0 Å². The van der Waals surface area contributed by atoms with Crippen LogP contribution >= 0.6 is 0 Å². The summed E-state index contributed by atoms with van der Waals surface area (Å²) in [6.07, 6.45) is 11.5. The predicted octanol–water partition coefficient (Wildman–Crippen LogP) is 4.34. The Morgan fingerprint density at radius 1 is 1.21 bits per heavy atom. The summed E-state index contributed by atoms with van der Waals surface area (Å²) >= 11 is 0. The average molecular weight is 332 g/mol. The van der Waals surface area contributed by atoms with Crippen LogP contribution in [0, 0.1) is 17.8 Å². The Kier molecular flexibility index (Phi) is 5.80. The number of rotatable bonds is 2. The molecule has 134 valence electrons. The molecule has 0 spiro atoms. The number of piperidine rings is 1. The topological polar surface area (TPSA) is 29.5 Å². The lowest BCUT2D eigenvalue weighted by atomic mass is 9.83. The van der Waals surface area contributed by atoms with Gasteiger partial charge >= 0.3 is 5.97 Å². The Bertz CT molecular complexity index is 522. The summed E-state index contributed by atoms with van der Waals surface area (Å²) in [5, 5.41) is 0. The fourth-order valence-corrected chi connectivity index (χ4v) is 4.58. The molecule has 2 heterocycles. The molecule has 0 radical (unpaired) electrons. The largest absolute Gasteiger partial charge is 0.458 e. The quantitative estimate of drug-likeness (QED) is 0.557. The molecular weight excluding hydrogens is 298 g/mol. The zero-order valence-electron chi connectivity index (χ0n) is 15.6. The Morgan fingerprint density at radius 3 is 2.83 bits per heavy atom. The second kappa shape index (κ2) is 7.86. The van der Waals surface area contributed by atoms with Gasteiger partial charge in [0.15, 0.2) is 0 Å². The fraction of sp³-hybridized carbons (Fsp3) is 0.762. The molecule has 2 aliphatic heterocycles. The minimum atomic E-state index is -0.00406. The molecular formula is C21H33NO2. The van der Waals surface area contributed by atoms with Crippen molar-refractivity contribution in [3.63, 3.8) is 0 Å². The van der Waals surface area contributed by atoms with Crippen molar-refractivity contribution in [1.82, 2.24) is 4.90 Å². The summed E-state index contributed by atoms with van der Waals surface area (Å²) in [5.41, 5.74) is 2.82. The van der Waals surface area contributed by atoms with E-state index < -0.39 is 0 Å². The summed E-state index contributed by atoms with van der Waals surface area (Å²) in [6, 6.07) is 0. The summed E-state index contributed by atoms with van der Waals surface area (Å²) in [4.78, 5) is 15.1. The van der Waals surface area contributed by atoms with E-state index in [1.807, 2.05) is 0 Å². The number of esters is 1. The molecule has 2 fully saturated rings. The number of hydrogen-bond donors (Lipinski definition) is 0. The molecule has 24 heavy (non-hydrogen) atoms. The van der Waals surface area contributed by atoms with E-state index in [1.54, 1.807) is 0 Å². The van der Waals surface area contributed by atoms with E-state index in [9.17, 15) is 4.79 Å². The number of likely N-dealkylation sites (tertiary alicyclic amines) is 1. The second-order valence-corrected chi connectivity index (χ2v) is 8.32. The fourth-order valence-electron chi connectivity index (χ4n) is 4.58. The third-order valence-electron chi connectivity index (χ3n) is 6.04. The molecule has 3 heteroatoms. The van der Waals surface area contributed by atoms with Crippen molar-refractivity contribution in [2.45, 2.75) is 65.4 Å². The van der Waals surface area contributed by atoms with Gasteiger partial charge in [-0.2, -0.15) is 0 Å². The molecule has 3 aliphatic rings. The first-order valence-electron chi connectivity index (χ1n) is 9.78. The summed E-state index contributed by atoms with van der Waals surface area (Å²) in [6.45, 7) is 9.89. The number of nitrogens with zero attached hydrogens (tertiary/aromatic N) is 1. The highest BCUT2D eigenvalue weighted by Crippen LogP contribution is 2.36. The lowest BCUT2D eigenvalue weighted by molar-refractivity contribution is -0.143. The monoisotopic (exact) mass is 331 g/mol. The van der Waals surface area contributed by atoms with Gasteiger partial charge in [0, 0.05) is 19.0 Å². The van der Waals surface area contributed by atoms with E-state index in [-0.39, 0.29) is 18.0 Å². The third-order valence-corrected chi connectivity index (χ3v) is 6.04. The smallest absolute Gasteiger partial charge is 0.311 e. The van der Waals surface area contributed by atoms with Crippen LogP contribution in [0.2, 0.25) is 0 Å². The van der Waals surface area contributed by atoms with Gasteiger partial charge in [0.1, 0.15) is 6.10 Å². The van der Waals surface area contributed by atoms with E-state index in [1.165, 1.54) is 24.0 Å². The molecule has 0 N–H and O–H groups in total. The van der Waals surface area contributed by atoms with Crippen molar-refractivity contribution in [3.8, 4) is 0 Å². The van der Waals surface area contributed by atoms with E-state index in [4.69, 9.17) is 4.74 Å². The van der Waals surface area contributed by atoms with E-state index in [0.717, 1.165) is 51.2 Å². The SMILES string of the molecule is CC1=CCC/C(C)=C/[C@H]2OC(=O)[C@@H](CN3CCCC(C)C3)[C@@H]2CC1. The highest BCUT2D eigenvalue weighted by Gasteiger charge is 2.44. The van der Waals surface area contributed by atoms with Gasteiger partial charge in [-0.1, -0.05) is 24.1 Å². The Balaban J connectivity index is 1.74. The molecule has 3 rings (SSSR count). The normalized spacial score (nSPS) is 37.9. The average Bonchev–Trinajstić information content (AvgIpc) is 2.80. The lowest BCUT2D eigenvalue weighted by Crippen LogP contribution is -2.40. The standard InChI is InChI=1S/C21H33NO2/c1-15-6-4-7-16(2)12-20-18(10-9-15)19(21(23)24-20)14-22-11-5-8-17(3)13-22/h6,12,17-20H,4-5,7-11,13-14H2,1-3H3/b15-6?,16-12+/t17?,18-,19-,20+/m0/s1. The van der Waals surface area contributed by atoms with Crippen molar-refractivity contribution in [2.75, 3.05) is 19.6 Å². The third kappa shape index (κ3) is 4.30. The van der Waals surface area contributed by atoms with Crippen LogP contribution in [0.5, 0.6) is 0 Å². The van der Waals surface area contributed by atoms with Gasteiger partial charge in [0.25, 0.3) is 0 Å². The maximum Gasteiger partial charge on any atom is 0.311 e. The maximum atomic E-state index is 12.6. The molecule has 0 bridgehead atoms. The lowest BCUT2D eigenvalue weighted by Gasteiger charge is -2.33. The zero-order valence-corrected chi connectivity index (χ0v) is 15.6. The number of allylic oxidation sites excluding steroid dienone is 3. The van der Waals surface area contributed by atoms with Crippen LogP contribution in [-0.4, -0.2) is 36.6 Å². The maximum absolute atomic E-state index is 12.6. The van der Waals surface area contributed by atoms with Gasteiger partial charge < -0.3 is 9.64 Å². The molecule has 4 atom stereocenters. The molecule has 1 aliphatic carbocycles. The van der Waals surface area contributed by atoms with Gasteiger partial charge in [0.05, 0.1) is 5.92 Å². The molecule has 0 aromatic carbocycles. The van der Waals surface area contributed by atoms with Crippen LogP contribution in [0.1, 0.15) is 59.3 Å². The molecule has 2 saturated heterocycles. The highest BCUT2D eigenvalue weighted by atomic mass is 16.6. The summed E-state index contributed by atoms with van der Waals surface area (Å²) in [5.74, 6) is 1.18.